The third kappa shape index (κ3) is 3.67. The van der Waals surface area contributed by atoms with E-state index in [0.29, 0.717) is 0 Å². The molecule has 8 heavy (non-hydrogen) atoms. The highest BCUT2D eigenvalue weighted by Gasteiger charge is 2.00. The Labute approximate surface area is 52.4 Å². The van der Waals surface area contributed by atoms with Crippen LogP contribution >= 0.6 is 12.6 Å². The number of hydrogen-bond donors (Lipinski definition) is 1. The predicted octanol–water partition coefficient (Wildman–Crippen LogP) is 0.00590. The number of carbonyl (C=O) groups excluding carboxylic acids is 2. The van der Waals surface area contributed by atoms with Crippen LogP contribution in [0.2, 0.25) is 0 Å². The Morgan fingerprint density at radius 3 is 2.25 bits per heavy atom. The highest BCUT2D eigenvalue weighted by molar-refractivity contribution is 7.81. The zero-order chi connectivity index (χ0) is 6.57. The lowest BCUT2D eigenvalue weighted by Crippen LogP contribution is -2.09. The van der Waals surface area contributed by atoms with Gasteiger partial charge in [0.1, 0.15) is 0 Å². The van der Waals surface area contributed by atoms with E-state index in [2.05, 4.69) is 17.4 Å². The van der Waals surface area contributed by atoms with Crippen LogP contribution in [-0.2, 0) is 14.3 Å². The number of esters is 2. The van der Waals surface area contributed by atoms with Crippen molar-refractivity contribution < 1.29 is 14.3 Å². The summed E-state index contributed by atoms with van der Waals surface area (Å²) in [4.78, 5) is 20.0. The van der Waals surface area contributed by atoms with Crippen LogP contribution in [0.4, 0.5) is 0 Å². The summed E-state index contributed by atoms with van der Waals surface area (Å²) in [5, 5.41) is 0. The molecule has 0 aromatic carbocycles. The molecule has 46 valence electrons. The Balaban J connectivity index is 3.40. The molecule has 0 aromatic heterocycles. The lowest BCUT2D eigenvalue weighted by Gasteiger charge is -1.91. The van der Waals surface area contributed by atoms with E-state index in [4.69, 9.17) is 0 Å². The average molecular weight is 134 g/mol. The Hall–Kier alpha value is -0.510. The summed E-state index contributed by atoms with van der Waals surface area (Å²) in [5.41, 5.74) is 0. The third-order valence-corrected chi connectivity index (χ3v) is 0.645. The second kappa shape index (κ2) is 3.49. The second-order valence-corrected chi connectivity index (χ2v) is 1.44. The van der Waals surface area contributed by atoms with Crippen LogP contribution < -0.4 is 0 Å². The van der Waals surface area contributed by atoms with Crippen LogP contribution in [0.15, 0.2) is 0 Å². The van der Waals surface area contributed by atoms with Crippen LogP contribution in [0, 0.1) is 0 Å². The van der Waals surface area contributed by atoms with E-state index >= 15 is 0 Å². The monoisotopic (exact) mass is 134 g/mol. The molecule has 0 aliphatic carbocycles. The van der Waals surface area contributed by atoms with Gasteiger partial charge in [-0.2, -0.15) is 12.6 Å². The van der Waals surface area contributed by atoms with Gasteiger partial charge in [0.05, 0.1) is 5.75 Å². The van der Waals surface area contributed by atoms with Gasteiger partial charge in [0.25, 0.3) is 0 Å². The number of thiol groups is 1. The average Bonchev–Trinajstić information content (AvgIpc) is 1.65. The van der Waals surface area contributed by atoms with Gasteiger partial charge in [-0.25, -0.2) is 0 Å². The van der Waals surface area contributed by atoms with Gasteiger partial charge in [-0.1, -0.05) is 0 Å². The number of ether oxygens (including phenoxy) is 1. The van der Waals surface area contributed by atoms with Crippen molar-refractivity contribution in [2.45, 2.75) is 6.92 Å². The van der Waals surface area contributed by atoms with Gasteiger partial charge in [0.15, 0.2) is 0 Å². The Morgan fingerprint density at radius 2 is 2.12 bits per heavy atom. The van der Waals surface area contributed by atoms with Crippen molar-refractivity contribution in [3.8, 4) is 0 Å². The number of rotatable bonds is 1. The van der Waals surface area contributed by atoms with Gasteiger partial charge >= 0.3 is 11.9 Å². The molecule has 0 unspecified atom stereocenters. The molecule has 0 atom stereocenters. The molecule has 0 aromatic rings. The highest BCUT2D eigenvalue weighted by Crippen LogP contribution is 1.81. The molecule has 4 heteroatoms. The van der Waals surface area contributed by atoms with Crippen molar-refractivity contribution in [2.75, 3.05) is 5.75 Å². The van der Waals surface area contributed by atoms with Gasteiger partial charge in [0, 0.05) is 6.92 Å². The van der Waals surface area contributed by atoms with Crippen molar-refractivity contribution in [1.29, 1.82) is 0 Å². The van der Waals surface area contributed by atoms with Crippen LogP contribution in [-0.4, -0.2) is 17.7 Å². The molecule has 3 nitrogen and oxygen atoms in total. The van der Waals surface area contributed by atoms with Crippen LogP contribution in [0.3, 0.4) is 0 Å². The minimum Gasteiger partial charge on any atom is -0.393 e. The number of carbonyl (C=O) groups is 2. The largest absolute Gasteiger partial charge is 0.393 e. The predicted molar refractivity (Wildman–Crippen MR) is 30.6 cm³/mol. The van der Waals surface area contributed by atoms with Crippen molar-refractivity contribution in [2.24, 2.45) is 0 Å². The Morgan fingerprint density at radius 1 is 1.62 bits per heavy atom. The Kier molecular flexibility index (Phi) is 3.26. The fourth-order valence-electron chi connectivity index (χ4n) is 0.193. The van der Waals surface area contributed by atoms with Gasteiger partial charge < -0.3 is 4.74 Å². The molecule has 0 saturated carbocycles. The summed E-state index contributed by atoms with van der Waals surface area (Å²) >= 11 is 3.56. The molecule has 0 rings (SSSR count). The van der Waals surface area contributed by atoms with Crippen molar-refractivity contribution in [3.05, 3.63) is 0 Å². The zero-order valence-corrected chi connectivity index (χ0v) is 5.27. The summed E-state index contributed by atoms with van der Waals surface area (Å²) in [7, 11) is 0. The molecule has 0 bridgehead atoms. The van der Waals surface area contributed by atoms with E-state index in [-0.39, 0.29) is 5.75 Å². The van der Waals surface area contributed by atoms with E-state index in [1.807, 2.05) is 0 Å². The normalized spacial score (nSPS) is 8.25. The first-order valence-corrected chi connectivity index (χ1v) is 2.62. The fourth-order valence-corrected chi connectivity index (χ4v) is 0.257. The minimum atomic E-state index is -0.610. The molecule has 0 aliphatic heterocycles. The summed E-state index contributed by atoms with van der Waals surface area (Å²) in [6.45, 7) is 1.17. The van der Waals surface area contributed by atoms with Gasteiger partial charge in [-0.15, -0.1) is 0 Å². The fraction of sp³-hybridized carbons (Fsp3) is 0.500. The lowest BCUT2D eigenvalue weighted by atomic mass is 10.7. The quantitative estimate of drug-likeness (QED) is 0.312. The SMILES string of the molecule is CC(=O)OC(=O)CS. The Bertz CT molecular complexity index is 110. The van der Waals surface area contributed by atoms with E-state index < -0.39 is 11.9 Å². The maximum Gasteiger partial charge on any atom is 0.323 e. The first kappa shape index (κ1) is 7.49. The van der Waals surface area contributed by atoms with E-state index in [9.17, 15) is 9.59 Å². The van der Waals surface area contributed by atoms with Crippen LogP contribution in [0.5, 0.6) is 0 Å². The van der Waals surface area contributed by atoms with Gasteiger partial charge in [-0.05, 0) is 0 Å². The maximum atomic E-state index is 10.1. The summed E-state index contributed by atoms with van der Waals surface area (Å²) in [5.74, 6) is -1.26. The first-order valence-electron chi connectivity index (χ1n) is 1.99. The molecular weight excluding hydrogens is 128 g/mol. The second-order valence-electron chi connectivity index (χ2n) is 1.12. The van der Waals surface area contributed by atoms with Gasteiger partial charge in [-0.3, -0.25) is 9.59 Å². The zero-order valence-electron chi connectivity index (χ0n) is 4.38. The van der Waals surface area contributed by atoms with E-state index in [1.165, 1.54) is 6.92 Å². The standard InChI is InChI=1S/C4H6O3S/c1-3(5)7-4(6)2-8/h8H,2H2,1H3. The molecule has 0 aliphatic rings. The van der Waals surface area contributed by atoms with Crippen molar-refractivity contribution >= 4 is 24.6 Å². The summed E-state index contributed by atoms with van der Waals surface area (Å²) in [6.07, 6.45) is 0. The molecular formula is C4H6O3S. The summed E-state index contributed by atoms with van der Waals surface area (Å²) in [6, 6.07) is 0. The van der Waals surface area contributed by atoms with Crippen molar-refractivity contribution in [1.82, 2.24) is 0 Å². The molecule has 0 radical (unpaired) electrons. The van der Waals surface area contributed by atoms with Gasteiger partial charge in [0.2, 0.25) is 0 Å². The molecule has 0 amide bonds. The first-order chi connectivity index (χ1) is 3.66. The van der Waals surface area contributed by atoms with E-state index in [1.54, 1.807) is 0 Å². The van der Waals surface area contributed by atoms with Crippen molar-refractivity contribution in [3.63, 3.8) is 0 Å². The number of hydrogen-bond acceptors (Lipinski definition) is 4. The molecule has 0 N–H and O–H groups in total. The van der Waals surface area contributed by atoms with E-state index in [0.717, 1.165) is 0 Å². The minimum absolute atomic E-state index is 0.0560. The molecule has 0 saturated heterocycles. The smallest absolute Gasteiger partial charge is 0.323 e. The molecule has 0 heterocycles. The van der Waals surface area contributed by atoms with Crippen LogP contribution in [0.25, 0.3) is 0 Å². The lowest BCUT2D eigenvalue weighted by molar-refractivity contribution is -0.155. The topological polar surface area (TPSA) is 43.4 Å². The maximum absolute atomic E-state index is 10.1. The summed E-state index contributed by atoms with van der Waals surface area (Å²) < 4.78 is 4.05. The third-order valence-electron chi connectivity index (χ3n) is 0.387. The molecule has 0 spiro atoms. The molecule has 0 fully saturated rings. The van der Waals surface area contributed by atoms with Crippen LogP contribution in [0.1, 0.15) is 6.92 Å². The highest BCUT2D eigenvalue weighted by atomic mass is 32.1.